The number of ether oxygens (including phenoxy) is 2. The second kappa shape index (κ2) is 10.4. The molecular formula is C24H30N2O4S. The van der Waals surface area contributed by atoms with Crippen LogP contribution in [-0.2, 0) is 27.1 Å². The lowest BCUT2D eigenvalue weighted by atomic mass is 9.95. The van der Waals surface area contributed by atoms with Crippen LogP contribution in [0, 0.1) is 0 Å². The van der Waals surface area contributed by atoms with E-state index in [1.54, 1.807) is 6.92 Å². The number of nitrogens with one attached hydrogen (secondary N) is 2. The van der Waals surface area contributed by atoms with Gasteiger partial charge < -0.3 is 14.8 Å². The standard InChI is InChI=1S/C24H30N2O4S/c1-2-29-24(28)20-18-12-6-7-13-19(18)31-23(20)26-22(27)21(16-9-4-3-5-10-16)25-15-17-11-8-14-30-17/h3-5,9-10,17,21,25H,2,6-8,11-15H2,1H3,(H,26,27)/t17-,21+/m0/s1. The zero-order chi connectivity index (χ0) is 21.6. The molecule has 2 aliphatic rings. The van der Waals surface area contributed by atoms with E-state index in [2.05, 4.69) is 10.6 Å². The fourth-order valence-electron chi connectivity index (χ4n) is 4.32. The van der Waals surface area contributed by atoms with Crippen molar-refractivity contribution in [3.8, 4) is 0 Å². The lowest BCUT2D eigenvalue weighted by Gasteiger charge is -2.21. The van der Waals surface area contributed by atoms with Crippen molar-refractivity contribution >= 4 is 28.2 Å². The van der Waals surface area contributed by atoms with Gasteiger partial charge in [0.05, 0.1) is 18.3 Å². The van der Waals surface area contributed by atoms with Crippen LogP contribution in [0.3, 0.4) is 0 Å². The van der Waals surface area contributed by atoms with Gasteiger partial charge in [0.15, 0.2) is 0 Å². The van der Waals surface area contributed by atoms with Crippen LogP contribution in [0.5, 0.6) is 0 Å². The van der Waals surface area contributed by atoms with Gasteiger partial charge in [-0.2, -0.15) is 0 Å². The predicted octanol–water partition coefficient (Wildman–Crippen LogP) is 4.25. The normalized spacial score (nSPS) is 18.9. The topological polar surface area (TPSA) is 76.7 Å². The smallest absolute Gasteiger partial charge is 0.341 e. The van der Waals surface area contributed by atoms with Crippen molar-refractivity contribution < 1.29 is 19.1 Å². The molecule has 2 aromatic rings. The highest BCUT2D eigenvalue weighted by molar-refractivity contribution is 7.17. The van der Waals surface area contributed by atoms with Crippen LogP contribution in [-0.4, -0.2) is 37.7 Å². The molecular weight excluding hydrogens is 412 g/mol. The third-order valence-corrected chi connectivity index (χ3v) is 7.06. The molecule has 1 fully saturated rings. The van der Waals surface area contributed by atoms with Gasteiger partial charge in [0, 0.05) is 18.0 Å². The monoisotopic (exact) mass is 442 g/mol. The lowest BCUT2D eigenvalue weighted by Crippen LogP contribution is -2.37. The van der Waals surface area contributed by atoms with Gasteiger partial charge >= 0.3 is 5.97 Å². The Morgan fingerprint density at radius 3 is 2.74 bits per heavy atom. The van der Waals surface area contributed by atoms with E-state index in [1.807, 2.05) is 30.3 Å². The second-order valence-corrected chi connectivity index (χ2v) is 9.12. The molecule has 7 heteroatoms. The Morgan fingerprint density at radius 2 is 2.00 bits per heavy atom. The van der Waals surface area contributed by atoms with Gasteiger partial charge in [0.25, 0.3) is 0 Å². The Kier molecular flexibility index (Phi) is 7.37. The van der Waals surface area contributed by atoms with E-state index in [1.165, 1.54) is 16.2 Å². The summed E-state index contributed by atoms with van der Waals surface area (Å²) in [7, 11) is 0. The summed E-state index contributed by atoms with van der Waals surface area (Å²) >= 11 is 1.52. The number of benzene rings is 1. The molecule has 6 nitrogen and oxygen atoms in total. The molecule has 1 aromatic carbocycles. The van der Waals surface area contributed by atoms with Crippen LogP contribution in [0.2, 0.25) is 0 Å². The van der Waals surface area contributed by atoms with Crippen molar-refractivity contribution in [2.45, 2.75) is 57.6 Å². The number of fused-ring (bicyclic) bond motifs is 1. The molecule has 1 aliphatic heterocycles. The highest BCUT2D eigenvalue weighted by atomic mass is 32.1. The number of hydrogen-bond acceptors (Lipinski definition) is 6. The van der Waals surface area contributed by atoms with E-state index in [-0.39, 0.29) is 18.0 Å². The summed E-state index contributed by atoms with van der Waals surface area (Å²) in [5, 5.41) is 7.05. The van der Waals surface area contributed by atoms with Crippen LogP contribution >= 0.6 is 11.3 Å². The molecule has 0 radical (unpaired) electrons. The molecule has 4 rings (SSSR count). The molecule has 1 aliphatic carbocycles. The van der Waals surface area contributed by atoms with E-state index < -0.39 is 6.04 Å². The minimum atomic E-state index is -0.528. The Morgan fingerprint density at radius 1 is 1.19 bits per heavy atom. The zero-order valence-electron chi connectivity index (χ0n) is 17.9. The van der Waals surface area contributed by atoms with Crippen LogP contribution in [0.4, 0.5) is 5.00 Å². The number of anilines is 1. The number of thiophene rings is 1. The number of hydrogen-bond donors (Lipinski definition) is 2. The first-order valence-corrected chi connectivity index (χ1v) is 12.0. The number of carbonyl (C=O) groups excluding carboxylic acids is 2. The maximum Gasteiger partial charge on any atom is 0.341 e. The maximum atomic E-state index is 13.4. The summed E-state index contributed by atoms with van der Waals surface area (Å²) < 4.78 is 11.0. The van der Waals surface area contributed by atoms with E-state index in [9.17, 15) is 9.59 Å². The molecule has 1 aromatic heterocycles. The number of carbonyl (C=O) groups is 2. The largest absolute Gasteiger partial charge is 0.462 e. The average Bonchev–Trinajstić information content (AvgIpc) is 3.42. The Balaban J connectivity index is 1.57. The van der Waals surface area contributed by atoms with Crippen molar-refractivity contribution in [3.05, 3.63) is 51.9 Å². The maximum absolute atomic E-state index is 13.4. The summed E-state index contributed by atoms with van der Waals surface area (Å²) in [4.78, 5) is 27.3. The minimum Gasteiger partial charge on any atom is -0.462 e. The summed E-state index contributed by atoms with van der Waals surface area (Å²) in [5.41, 5.74) is 2.48. The van der Waals surface area contributed by atoms with E-state index in [0.29, 0.717) is 23.7 Å². The minimum absolute atomic E-state index is 0.128. The van der Waals surface area contributed by atoms with Crippen molar-refractivity contribution in [1.29, 1.82) is 0 Å². The number of esters is 1. The fourth-order valence-corrected chi connectivity index (χ4v) is 5.60. The molecule has 0 bridgehead atoms. The third-order valence-electron chi connectivity index (χ3n) is 5.86. The molecule has 2 N–H and O–H groups in total. The first-order chi connectivity index (χ1) is 15.2. The summed E-state index contributed by atoms with van der Waals surface area (Å²) in [6, 6.07) is 9.15. The first kappa shape index (κ1) is 22.0. The van der Waals surface area contributed by atoms with E-state index in [4.69, 9.17) is 9.47 Å². The summed E-state index contributed by atoms with van der Waals surface area (Å²) in [5.74, 6) is -0.519. The summed E-state index contributed by atoms with van der Waals surface area (Å²) in [6.07, 6.45) is 6.15. The SMILES string of the molecule is CCOC(=O)c1c(NC(=O)[C@H](NC[C@@H]2CCCO2)c2ccccc2)sc2c1CCCC2. The molecule has 1 amide bonds. The van der Waals surface area contributed by atoms with Crippen LogP contribution in [0.1, 0.15) is 65.0 Å². The van der Waals surface area contributed by atoms with Gasteiger partial charge in [-0.15, -0.1) is 11.3 Å². The van der Waals surface area contributed by atoms with Crippen molar-refractivity contribution in [2.75, 3.05) is 25.1 Å². The van der Waals surface area contributed by atoms with Crippen LogP contribution in [0.15, 0.2) is 30.3 Å². The highest BCUT2D eigenvalue weighted by Crippen LogP contribution is 2.39. The third kappa shape index (κ3) is 5.17. The average molecular weight is 443 g/mol. The van der Waals surface area contributed by atoms with Gasteiger partial charge in [0.1, 0.15) is 11.0 Å². The van der Waals surface area contributed by atoms with Gasteiger partial charge in [0.2, 0.25) is 5.91 Å². The predicted molar refractivity (Wildman–Crippen MR) is 122 cm³/mol. The van der Waals surface area contributed by atoms with Crippen molar-refractivity contribution in [2.24, 2.45) is 0 Å². The fraction of sp³-hybridized carbons (Fsp3) is 0.500. The van der Waals surface area contributed by atoms with E-state index >= 15 is 0 Å². The number of aryl methyl sites for hydroxylation is 1. The van der Waals surface area contributed by atoms with Gasteiger partial charge in [-0.3, -0.25) is 10.1 Å². The van der Waals surface area contributed by atoms with Gasteiger partial charge in [-0.25, -0.2) is 4.79 Å². The molecule has 166 valence electrons. The molecule has 0 saturated carbocycles. The molecule has 2 atom stereocenters. The lowest BCUT2D eigenvalue weighted by molar-refractivity contribution is -0.118. The highest BCUT2D eigenvalue weighted by Gasteiger charge is 2.30. The van der Waals surface area contributed by atoms with Crippen molar-refractivity contribution in [3.63, 3.8) is 0 Å². The summed E-state index contributed by atoms with van der Waals surface area (Å²) in [6.45, 7) is 3.50. The number of rotatable bonds is 8. The molecule has 2 heterocycles. The van der Waals surface area contributed by atoms with E-state index in [0.717, 1.165) is 56.3 Å². The van der Waals surface area contributed by atoms with Crippen LogP contribution in [0.25, 0.3) is 0 Å². The first-order valence-electron chi connectivity index (χ1n) is 11.2. The molecule has 0 unspecified atom stereocenters. The van der Waals surface area contributed by atoms with Gasteiger partial charge in [-0.05, 0) is 56.6 Å². The molecule has 1 saturated heterocycles. The Bertz CT molecular complexity index is 906. The molecule has 31 heavy (non-hydrogen) atoms. The second-order valence-electron chi connectivity index (χ2n) is 8.01. The number of amides is 1. The molecule has 0 spiro atoms. The van der Waals surface area contributed by atoms with Gasteiger partial charge in [-0.1, -0.05) is 30.3 Å². The quantitative estimate of drug-likeness (QED) is 0.598. The Labute approximate surface area is 187 Å². The zero-order valence-corrected chi connectivity index (χ0v) is 18.8. The Hall–Kier alpha value is -2.22. The van der Waals surface area contributed by atoms with Crippen LogP contribution < -0.4 is 10.6 Å². The van der Waals surface area contributed by atoms with Crippen molar-refractivity contribution in [1.82, 2.24) is 5.32 Å².